The zero-order valence-electron chi connectivity index (χ0n) is 9.25. The number of rotatable bonds is 3. The van der Waals surface area contributed by atoms with E-state index in [0.29, 0.717) is 11.4 Å². The number of aromatic nitrogens is 1. The summed E-state index contributed by atoms with van der Waals surface area (Å²) in [6, 6.07) is 11.1. The molecular weight excluding hydrogens is 218 g/mol. The van der Waals surface area contributed by atoms with Gasteiger partial charge >= 0.3 is 5.97 Å². The standard InChI is InChI=1S/C13H11NO3/c1-17-12-7-11(9-5-3-2-4-6-9)14-8-10(12)13(15)16/h2-8H,1H3,(H,15,16). The fourth-order valence-corrected chi connectivity index (χ4v) is 1.53. The normalized spacial score (nSPS) is 9.94. The number of ether oxygens (including phenoxy) is 1. The Morgan fingerprint density at radius 3 is 2.59 bits per heavy atom. The molecule has 4 nitrogen and oxygen atoms in total. The van der Waals surface area contributed by atoms with Crippen molar-refractivity contribution in [2.75, 3.05) is 7.11 Å². The van der Waals surface area contributed by atoms with Crippen LogP contribution >= 0.6 is 0 Å². The van der Waals surface area contributed by atoms with Gasteiger partial charge in [0.1, 0.15) is 11.3 Å². The number of methoxy groups -OCH3 is 1. The van der Waals surface area contributed by atoms with Crippen LogP contribution in [-0.2, 0) is 0 Å². The van der Waals surface area contributed by atoms with Crippen LogP contribution in [0.3, 0.4) is 0 Å². The van der Waals surface area contributed by atoms with E-state index in [-0.39, 0.29) is 5.56 Å². The Kier molecular flexibility index (Phi) is 3.05. The zero-order chi connectivity index (χ0) is 12.3. The number of benzene rings is 1. The minimum absolute atomic E-state index is 0.0622. The molecule has 2 aromatic rings. The maximum absolute atomic E-state index is 10.9. The first-order chi connectivity index (χ1) is 8.22. The maximum atomic E-state index is 10.9. The highest BCUT2D eigenvalue weighted by atomic mass is 16.5. The summed E-state index contributed by atoms with van der Waals surface area (Å²) in [5.74, 6) is -0.736. The molecular formula is C13H11NO3. The average Bonchev–Trinajstić information content (AvgIpc) is 2.39. The summed E-state index contributed by atoms with van der Waals surface area (Å²) in [6.07, 6.45) is 1.31. The van der Waals surface area contributed by atoms with E-state index in [9.17, 15) is 4.79 Å². The van der Waals surface area contributed by atoms with Crippen LogP contribution in [0.25, 0.3) is 11.3 Å². The first-order valence-corrected chi connectivity index (χ1v) is 5.05. The van der Waals surface area contributed by atoms with E-state index >= 15 is 0 Å². The third kappa shape index (κ3) is 2.25. The van der Waals surface area contributed by atoms with Gasteiger partial charge in [-0.05, 0) is 0 Å². The third-order valence-electron chi connectivity index (χ3n) is 2.39. The Bertz CT molecular complexity index is 538. The van der Waals surface area contributed by atoms with Crippen LogP contribution in [0.4, 0.5) is 0 Å². The number of hydrogen-bond acceptors (Lipinski definition) is 3. The summed E-state index contributed by atoms with van der Waals surface area (Å²) < 4.78 is 5.05. The minimum Gasteiger partial charge on any atom is -0.496 e. The van der Waals surface area contributed by atoms with E-state index in [4.69, 9.17) is 9.84 Å². The largest absolute Gasteiger partial charge is 0.496 e. The van der Waals surface area contributed by atoms with E-state index in [1.165, 1.54) is 13.3 Å². The van der Waals surface area contributed by atoms with E-state index in [0.717, 1.165) is 5.56 Å². The molecule has 0 aliphatic rings. The van der Waals surface area contributed by atoms with Gasteiger partial charge in [-0.2, -0.15) is 0 Å². The average molecular weight is 229 g/mol. The second kappa shape index (κ2) is 4.65. The predicted molar refractivity (Wildman–Crippen MR) is 63.2 cm³/mol. The number of hydrogen-bond donors (Lipinski definition) is 1. The minimum atomic E-state index is -1.05. The smallest absolute Gasteiger partial charge is 0.341 e. The molecule has 0 amide bonds. The zero-order valence-corrected chi connectivity index (χ0v) is 9.25. The first-order valence-electron chi connectivity index (χ1n) is 5.05. The molecule has 0 atom stereocenters. The Labute approximate surface area is 98.5 Å². The maximum Gasteiger partial charge on any atom is 0.341 e. The van der Waals surface area contributed by atoms with Gasteiger partial charge in [0, 0.05) is 17.8 Å². The summed E-state index contributed by atoms with van der Waals surface area (Å²) >= 11 is 0. The molecule has 1 heterocycles. The fraction of sp³-hybridized carbons (Fsp3) is 0.0769. The van der Waals surface area contributed by atoms with Crippen LogP contribution in [0, 0.1) is 0 Å². The molecule has 1 aromatic carbocycles. The lowest BCUT2D eigenvalue weighted by atomic mass is 10.1. The highest BCUT2D eigenvalue weighted by Gasteiger charge is 2.12. The quantitative estimate of drug-likeness (QED) is 0.878. The molecule has 0 aliphatic carbocycles. The van der Waals surface area contributed by atoms with Crippen molar-refractivity contribution in [3.8, 4) is 17.0 Å². The van der Waals surface area contributed by atoms with E-state index in [1.54, 1.807) is 6.07 Å². The van der Waals surface area contributed by atoms with Crippen molar-refractivity contribution in [2.24, 2.45) is 0 Å². The topological polar surface area (TPSA) is 59.4 Å². The van der Waals surface area contributed by atoms with Crippen LogP contribution < -0.4 is 4.74 Å². The van der Waals surface area contributed by atoms with Gasteiger partial charge in [-0.3, -0.25) is 4.98 Å². The number of aromatic carboxylic acids is 1. The van der Waals surface area contributed by atoms with Crippen molar-refractivity contribution in [1.29, 1.82) is 0 Å². The van der Waals surface area contributed by atoms with Crippen LogP contribution in [0.1, 0.15) is 10.4 Å². The Morgan fingerprint density at radius 2 is 2.00 bits per heavy atom. The van der Waals surface area contributed by atoms with E-state index in [1.807, 2.05) is 30.3 Å². The fourth-order valence-electron chi connectivity index (χ4n) is 1.53. The Balaban J connectivity index is 2.49. The van der Waals surface area contributed by atoms with Gasteiger partial charge < -0.3 is 9.84 Å². The molecule has 0 unspecified atom stereocenters. The second-order valence-electron chi connectivity index (χ2n) is 3.44. The lowest BCUT2D eigenvalue weighted by Crippen LogP contribution is -2.01. The SMILES string of the molecule is COc1cc(-c2ccccc2)ncc1C(=O)O. The molecule has 0 spiro atoms. The number of nitrogens with zero attached hydrogens (tertiary/aromatic N) is 1. The Morgan fingerprint density at radius 1 is 1.29 bits per heavy atom. The number of carboxylic acid groups (broad SMARTS) is 1. The number of carboxylic acids is 1. The van der Waals surface area contributed by atoms with E-state index in [2.05, 4.69) is 4.98 Å². The van der Waals surface area contributed by atoms with Gasteiger partial charge in [0.15, 0.2) is 0 Å². The van der Waals surface area contributed by atoms with Crippen LogP contribution in [-0.4, -0.2) is 23.2 Å². The van der Waals surface area contributed by atoms with Gasteiger partial charge in [0.05, 0.1) is 12.8 Å². The van der Waals surface area contributed by atoms with Crippen molar-refractivity contribution < 1.29 is 14.6 Å². The van der Waals surface area contributed by atoms with Crippen molar-refractivity contribution in [2.45, 2.75) is 0 Å². The molecule has 86 valence electrons. The lowest BCUT2D eigenvalue weighted by Gasteiger charge is -2.07. The summed E-state index contributed by atoms with van der Waals surface area (Å²) in [5, 5.41) is 8.94. The first kappa shape index (κ1) is 11.1. The highest BCUT2D eigenvalue weighted by Crippen LogP contribution is 2.24. The molecule has 1 N–H and O–H groups in total. The molecule has 2 rings (SSSR count). The third-order valence-corrected chi connectivity index (χ3v) is 2.39. The monoisotopic (exact) mass is 229 g/mol. The van der Waals surface area contributed by atoms with Crippen LogP contribution in [0.5, 0.6) is 5.75 Å². The number of carbonyl (C=O) groups is 1. The molecule has 0 aliphatic heterocycles. The van der Waals surface area contributed by atoms with Crippen LogP contribution in [0.15, 0.2) is 42.6 Å². The van der Waals surface area contributed by atoms with Crippen molar-refractivity contribution in [3.63, 3.8) is 0 Å². The van der Waals surface area contributed by atoms with Crippen molar-refractivity contribution in [3.05, 3.63) is 48.2 Å². The summed E-state index contributed by atoms with van der Waals surface area (Å²) in [4.78, 5) is 15.0. The summed E-state index contributed by atoms with van der Waals surface area (Å²) in [5.41, 5.74) is 1.67. The van der Waals surface area contributed by atoms with E-state index < -0.39 is 5.97 Å². The highest BCUT2D eigenvalue weighted by molar-refractivity contribution is 5.91. The Hall–Kier alpha value is -2.36. The molecule has 0 bridgehead atoms. The molecule has 0 radical (unpaired) electrons. The van der Waals surface area contributed by atoms with Gasteiger partial charge in [-0.15, -0.1) is 0 Å². The lowest BCUT2D eigenvalue weighted by molar-refractivity contribution is 0.0693. The van der Waals surface area contributed by atoms with Crippen molar-refractivity contribution >= 4 is 5.97 Å². The number of pyridine rings is 1. The summed E-state index contributed by atoms with van der Waals surface area (Å²) in [6.45, 7) is 0. The van der Waals surface area contributed by atoms with Gasteiger partial charge in [-0.25, -0.2) is 4.79 Å². The predicted octanol–water partition coefficient (Wildman–Crippen LogP) is 2.46. The van der Waals surface area contributed by atoms with Gasteiger partial charge in [0.2, 0.25) is 0 Å². The molecule has 0 saturated heterocycles. The molecule has 4 heteroatoms. The van der Waals surface area contributed by atoms with Crippen molar-refractivity contribution in [1.82, 2.24) is 4.98 Å². The molecule has 1 aromatic heterocycles. The molecule has 0 saturated carbocycles. The summed E-state index contributed by atoms with van der Waals surface area (Å²) in [7, 11) is 1.44. The molecule has 0 fully saturated rings. The van der Waals surface area contributed by atoms with Gasteiger partial charge in [0.25, 0.3) is 0 Å². The second-order valence-corrected chi connectivity index (χ2v) is 3.44. The molecule has 17 heavy (non-hydrogen) atoms. The van der Waals surface area contributed by atoms with Gasteiger partial charge in [-0.1, -0.05) is 30.3 Å². The van der Waals surface area contributed by atoms with Crippen LogP contribution in [0.2, 0.25) is 0 Å².